The van der Waals surface area contributed by atoms with E-state index in [1.807, 2.05) is 25.1 Å². The van der Waals surface area contributed by atoms with Gasteiger partial charge in [0.05, 0.1) is 6.10 Å². The van der Waals surface area contributed by atoms with Crippen molar-refractivity contribution in [2.75, 3.05) is 13.2 Å². The fourth-order valence-corrected chi connectivity index (χ4v) is 6.53. The lowest BCUT2D eigenvalue weighted by molar-refractivity contribution is -0.571. The van der Waals surface area contributed by atoms with E-state index in [-0.39, 0.29) is 17.9 Å². The quantitative estimate of drug-likeness (QED) is 0.385. The maximum Gasteiger partial charge on any atom is 0.201 e. The van der Waals surface area contributed by atoms with Crippen molar-refractivity contribution in [2.45, 2.75) is 70.2 Å². The SMILES string of the molecule is C=CCOc1ccc([C@@H]2O[C@@H]3O[C@]4(C)CC[C@H]5[C@H](C)CC[C@@H]([C@H]2C)[C@@]35OO4)c(OCC=C)c1. The lowest BCUT2D eigenvalue weighted by Gasteiger charge is -2.60. The van der Waals surface area contributed by atoms with Crippen molar-refractivity contribution >= 4 is 0 Å². The second-order valence-electron chi connectivity index (χ2n) is 10.2. The van der Waals surface area contributed by atoms with E-state index in [1.54, 1.807) is 12.2 Å². The molecule has 6 rings (SSSR count). The minimum absolute atomic E-state index is 0.192. The van der Waals surface area contributed by atoms with Crippen LogP contribution in [0.2, 0.25) is 0 Å². The van der Waals surface area contributed by atoms with E-state index in [1.165, 1.54) is 6.42 Å². The molecule has 180 valence electrons. The Bertz CT molecular complexity index is 901. The molecule has 1 spiro atoms. The molecule has 5 aliphatic rings. The average Bonchev–Trinajstić information content (AvgIpc) is 3.04. The summed E-state index contributed by atoms with van der Waals surface area (Å²) in [6.07, 6.45) is 6.85. The highest BCUT2D eigenvalue weighted by Gasteiger charge is 2.69. The van der Waals surface area contributed by atoms with Crippen LogP contribution in [0.15, 0.2) is 43.5 Å². The predicted octanol–water partition coefficient (Wildman–Crippen LogP) is 5.74. The lowest BCUT2D eigenvalue weighted by Crippen LogP contribution is -2.69. The van der Waals surface area contributed by atoms with Gasteiger partial charge in [-0.2, -0.15) is 0 Å². The van der Waals surface area contributed by atoms with Crippen LogP contribution in [-0.2, 0) is 19.2 Å². The Balaban J connectivity index is 1.52. The summed E-state index contributed by atoms with van der Waals surface area (Å²) in [6.45, 7) is 14.9. The van der Waals surface area contributed by atoms with Crippen molar-refractivity contribution in [3.63, 3.8) is 0 Å². The molecule has 5 fully saturated rings. The van der Waals surface area contributed by atoms with Crippen LogP contribution < -0.4 is 9.47 Å². The van der Waals surface area contributed by atoms with Crippen molar-refractivity contribution < 1.29 is 28.7 Å². The maximum absolute atomic E-state index is 6.79. The van der Waals surface area contributed by atoms with E-state index >= 15 is 0 Å². The molecule has 0 unspecified atom stereocenters. The molecule has 0 N–H and O–H groups in total. The summed E-state index contributed by atoms with van der Waals surface area (Å²) in [6, 6.07) is 5.94. The fourth-order valence-electron chi connectivity index (χ4n) is 6.53. The zero-order chi connectivity index (χ0) is 23.2. The Hall–Kier alpha value is -1.86. The van der Waals surface area contributed by atoms with Gasteiger partial charge in [-0.1, -0.05) is 39.2 Å². The number of hydrogen-bond donors (Lipinski definition) is 0. The molecule has 0 aromatic heterocycles. The van der Waals surface area contributed by atoms with Crippen LogP contribution in [0.1, 0.15) is 58.1 Å². The van der Waals surface area contributed by atoms with Gasteiger partial charge >= 0.3 is 0 Å². The Morgan fingerprint density at radius 1 is 1.03 bits per heavy atom. The molecule has 8 atom stereocenters. The van der Waals surface area contributed by atoms with Crippen LogP contribution in [0.5, 0.6) is 11.5 Å². The molecule has 1 saturated carbocycles. The first-order chi connectivity index (χ1) is 15.9. The number of rotatable bonds is 7. The summed E-state index contributed by atoms with van der Waals surface area (Å²) in [5.41, 5.74) is 0.425. The summed E-state index contributed by atoms with van der Waals surface area (Å²) in [4.78, 5) is 12.2. The minimum atomic E-state index is -0.785. The molecule has 1 aromatic rings. The molecule has 6 nitrogen and oxygen atoms in total. The molecule has 33 heavy (non-hydrogen) atoms. The average molecular weight is 457 g/mol. The van der Waals surface area contributed by atoms with Gasteiger partial charge in [-0.25, -0.2) is 9.78 Å². The van der Waals surface area contributed by atoms with E-state index in [4.69, 9.17) is 28.7 Å². The summed E-state index contributed by atoms with van der Waals surface area (Å²) < 4.78 is 25.1. The first-order valence-corrected chi connectivity index (χ1v) is 12.2. The molecular weight excluding hydrogens is 420 g/mol. The van der Waals surface area contributed by atoms with Gasteiger partial charge in [0, 0.05) is 24.0 Å². The van der Waals surface area contributed by atoms with Crippen LogP contribution in [0, 0.1) is 23.7 Å². The first-order valence-electron chi connectivity index (χ1n) is 12.2. The Labute approximate surface area is 196 Å². The van der Waals surface area contributed by atoms with Crippen molar-refractivity contribution in [1.29, 1.82) is 0 Å². The molecule has 6 heteroatoms. The summed E-state index contributed by atoms with van der Waals surface area (Å²) >= 11 is 0. The second kappa shape index (κ2) is 8.73. The standard InChI is InChI=1S/C27H36O6/c1-6-14-28-19-9-10-20(23(16-19)29-15-7-2)24-18(4)22-11-8-17(3)21-12-13-26(5)31-25(30-24)27(21,22)33-32-26/h6-7,9-10,16-18,21-22,24-25H,1-2,8,11-15H2,3-5H3/t17-,18-,21+,22+,24-,25-,26+,27-/m1/s1. The van der Waals surface area contributed by atoms with E-state index in [0.29, 0.717) is 25.0 Å². The molecule has 0 radical (unpaired) electrons. The van der Waals surface area contributed by atoms with Gasteiger partial charge in [0.15, 0.2) is 11.9 Å². The third-order valence-corrected chi connectivity index (χ3v) is 8.17. The lowest BCUT2D eigenvalue weighted by atomic mass is 9.57. The summed E-state index contributed by atoms with van der Waals surface area (Å²) in [5, 5.41) is 0. The van der Waals surface area contributed by atoms with Crippen molar-refractivity contribution in [3.8, 4) is 11.5 Å². The van der Waals surface area contributed by atoms with Crippen molar-refractivity contribution in [1.82, 2.24) is 0 Å². The second-order valence-corrected chi connectivity index (χ2v) is 10.2. The summed E-state index contributed by atoms with van der Waals surface area (Å²) in [7, 11) is 0. The van der Waals surface area contributed by atoms with Crippen LogP contribution in [0.3, 0.4) is 0 Å². The number of benzene rings is 1. The fraction of sp³-hybridized carbons (Fsp3) is 0.630. The van der Waals surface area contributed by atoms with Crippen LogP contribution in [0.25, 0.3) is 0 Å². The highest BCUT2D eigenvalue weighted by atomic mass is 17.3. The van der Waals surface area contributed by atoms with E-state index in [0.717, 1.165) is 36.3 Å². The zero-order valence-electron chi connectivity index (χ0n) is 20.0. The van der Waals surface area contributed by atoms with Crippen molar-refractivity contribution in [3.05, 3.63) is 49.1 Å². The highest BCUT2D eigenvalue weighted by Crippen LogP contribution is 2.62. The predicted molar refractivity (Wildman–Crippen MR) is 124 cm³/mol. The van der Waals surface area contributed by atoms with Crippen LogP contribution >= 0.6 is 0 Å². The molecular formula is C27H36O6. The monoisotopic (exact) mass is 456 g/mol. The largest absolute Gasteiger partial charge is 0.489 e. The van der Waals surface area contributed by atoms with Gasteiger partial charge in [-0.15, -0.1) is 0 Å². The number of fused-ring (bicyclic) bond motifs is 2. The summed E-state index contributed by atoms with van der Waals surface area (Å²) in [5.74, 6) is 2.03. The third kappa shape index (κ3) is 3.72. The molecule has 0 amide bonds. The maximum atomic E-state index is 6.79. The Kier molecular flexibility index (Phi) is 6.06. The van der Waals surface area contributed by atoms with Gasteiger partial charge in [-0.05, 0) is 56.1 Å². The van der Waals surface area contributed by atoms with Crippen molar-refractivity contribution in [2.24, 2.45) is 23.7 Å². The smallest absolute Gasteiger partial charge is 0.201 e. The molecule has 4 saturated heterocycles. The molecule has 2 bridgehead atoms. The van der Waals surface area contributed by atoms with Gasteiger partial charge in [0.1, 0.15) is 24.7 Å². The normalized spacial score (nSPS) is 41.5. The molecule has 4 aliphatic heterocycles. The first kappa shape index (κ1) is 22.9. The van der Waals surface area contributed by atoms with Gasteiger partial charge in [-0.3, -0.25) is 0 Å². The number of hydrogen-bond acceptors (Lipinski definition) is 6. The van der Waals surface area contributed by atoms with Gasteiger partial charge in [0.2, 0.25) is 5.79 Å². The van der Waals surface area contributed by atoms with Gasteiger partial charge < -0.3 is 18.9 Å². The van der Waals surface area contributed by atoms with E-state index in [2.05, 4.69) is 27.0 Å². The Morgan fingerprint density at radius 3 is 2.61 bits per heavy atom. The van der Waals surface area contributed by atoms with Gasteiger partial charge in [0.25, 0.3) is 0 Å². The topological polar surface area (TPSA) is 55.4 Å². The van der Waals surface area contributed by atoms with E-state index in [9.17, 15) is 0 Å². The number of ether oxygens (including phenoxy) is 4. The third-order valence-electron chi connectivity index (χ3n) is 8.17. The minimum Gasteiger partial charge on any atom is -0.489 e. The molecule has 1 aliphatic carbocycles. The highest BCUT2D eigenvalue weighted by molar-refractivity contribution is 5.43. The Morgan fingerprint density at radius 2 is 1.82 bits per heavy atom. The molecule has 4 heterocycles. The van der Waals surface area contributed by atoms with Crippen LogP contribution in [0.4, 0.5) is 0 Å². The van der Waals surface area contributed by atoms with E-state index < -0.39 is 17.7 Å². The van der Waals surface area contributed by atoms with Crippen LogP contribution in [-0.4, -0.2) is 30.9 Å². The molecule has 1 aromatic carbocycles. The zero-order valence-corrected chi connectivity index (χ0v) is 20.0.